The molecule has 180 valence electrons. The number of Topliss-reactive ketones (excluding diaryl/α,β-unsaturated/α-hetero) is 1. The molecule has 1 atom stereocenters. The molecule has 35 heavy (non-hydrogen) atoms. The first kappa shape index (κ1) is 24.5. The summed E-state index contributed by atoms with van der Waals surface area (Å²) in [4.78, 5) is 32.3. The summed E-state index contributed by atoms with van der Waals surface area (Å²) in [6.07, 6.45) is 1.59. The minimum atomic E-state index is -0.901. The van der Waals surface area contributed by atoms with E-state index in [1.165, 1.54) is 4.90 Å². The van der Waals surface area contributed by atoms with E-state index in [1.54, 1.807) is 60.8 Å². The van der Waals surface area contributed by atoms with Crippen molar-refractivity contribution in [2.24, 2.45) is 0 Å². The topological polar surface area (TPSA) is 79.7 Å². The van der Waals surface area contributed by atoms with E-state index in [4.69, 9.17) is 16.3 Å². The first-order chi connectivity index (χ1) is 16.6. The number of ketones is 1. The number of amides is 1. The van der Waals surface area contributed by atoms with E-state index in [-0.39, 0.29) is 16.7 Å². The van der Waals surface area contributed by atoms with E-state index < -0.39 is 17.7 Å². The molecule has 1 aliphatic rings. The Labute approximate surface area is 209 Å². The standard InChI is InChI=1S/C28H27ClN2O4/c1-5-35-22-14-9-17(16-20(22)28(2,3)4)25(32)23-24(21-8-6-7-15-30-21)31(27(34)26(23)33)19-12-10-18(29)11-13-19/h6-16,24,32H,5H2,1-4H3/b25-23-. The van der Waals surface area contributed by atoms with E-state index in [2.05, 4.69) is 4.98 Å². The van der Waals surface area contributed by atoms with E-state index in [0.29, 0.717) is 34.3 Å². The van der Waals surface area contributed by atoms with Gasteiger partial charge in [0.25, 0.3) is 11.7 Å². The van der Waals surface area contributed by atoms with Gasteiger partial charge in [0.15, 0.2) is 0 Å². The van der Waals surface area contributed by atoms with Crippen LogP contribution in [0.25, 0.3) is 5.76 Å². The highest BCUT2D eigenvalue weighted by Gasteiger charge is 2.47. The van der Waals surface area contributed by atoms with Gasteiger partial charge in [0.1, 0.15) is 17.6 Å². The SMILES string of the molecule is CCOc1ccc(/C(O)=C2/C(=O)C(=O)N(c3ccc(Cl)cc3)C2c2ccccn2)cc1C(C)(C)C. The van der Waals surface area contributed by atoms with Gasteiger partial charge < -0.3 is 9.84 Å². The molecule has 3 aromatic rings. The van der Waals surface area contributed by atoms with Crippen LogP contribution in [0.15, 0.2) is 72.4 Å². The maximum Gasteiger partial charge on any atom is 0.300 e. The molecular weight excluding hydrogens is 464 g/mol. The second-order valence-electron chi connectivity index (χ2n) is 9.29. The van der Waals surface area contributed by atoms with Gasteiger partial charge in [-0.1, -0.05) is 38.4 Å². The summed E-state index contributed by atoms with van der Waals surface area (Å²) in [5, 5.41) is 12.0. The number of aliphatic hydroxyl groups excluding tert-OH is 1. The number of halogens is 1. The third-order valence-electron chi connectivity index (χ3n) is 5.88. The predicted octanol–water partition coefficient (Wildman–Crippen LogP) is 6.06. The lowest BCUT2D eigenvalue weighted by Gasteiger charge is -2.25. The zero-order valence-electron chi connectivity index (χ0n) is 20.1. The van der Waals surface area contributed by atoms with Crippen LogP contribution in [0.2, 0.25) is 5.02 Å². The molecule has 0 bridgehead atoms. The summed E-state index contributed by atoms with van der Waals surface area (Å²) in [5.74, 6) is -1.07. The Morgan fingerprint density at radius 1 is 1.09 bits per heavy atom. The molecule has 1 N–H and O–H groups in total. The van der Waals surface area contributed by atoms with Crippen LogP contribution in [-0.4, -0.2) is 28.4 Å². The summed E-state index contributed by atoms with van der Waals surface area (Å²) in [7, 11) is 0. The molecular formula is C28H27ClN2O4. The number of aromatic nitrogens is 1. The van der Waals surface area contributed by atoms with Gasteiger partial charge in [-0.3, -0.25) is 19.5 Å². The monoisotopic (exact) mass is 490 g/mol. The van der Waals surface area contributed by atoms with Crippen molar-refractivity contribution in [3.8, 4) is 5.75 Å². The van der Waals surface area contributed by atoms with E-state index in [1.807, 2.05) is 33.8 Å². The van der Waals surface area contributed by atoms with Crippen LogP contribution in [-0.2, 0) is 15.0 Å². The molecule has 1 fully saturated rings. The van der Waals surface area contributed by atoms with Crippen molar-refractivity contribution in [3.63, 3.8) is 0 Å². The fourth-order valence-electron chi connectivity index (χ4n) is 4.22. The van der Waals surface area contributed by atoms with Crippen LogP contribution in [0.4, 0.5) is 5.69 Å². The average Bonchev–Trinajstić information content (AvgIpc) is 3.10. The van der Waals surface area contributed by atoms with Crippen LogP contribution in [0.1, 0.15) is 50.6 Å². The second kappa shape index (κ2) is 9.55. The van der Waals surface area contributed by atoms with Crippen LogP contribution in [0.5, 0.6) is 5.75 Å². The minimum absolute atomic E-state index is 0.0207. The number of carbonyl (C=O) groups excluding carboxylic acids is 2. The Morgan fingerprint density at radius 3 is 2.40 bits per heavy atom. The van der Waals surface area contributed by atoms with E-state index in [0.717, 1.165) is 5.56 Å². The highest BCUT2D eigenvalue weighted by molar-refractivity contribution is 6.51. The van der Waals surface area contributed by atoms with Crippen LogP contribution < -0.4 is 9.64 Å². The van der Waals surface area contributed by atoms with Crippen molar-refractivity contribution in [2.45, 2.75) is 39.2 Å². The molecule has 1 unspecified atom stereocenters. The first-order valence-corrected chi connectivity index (χ1v) is 11.8. The third kappa shape index (κ3) is 4.66. The van der Waals surface area contributed by atoms with Crippen molar-refractivity contribution in [3.05, 3.63) is 94.3 Å². The van der Waals surface area contributed by atoms with Gasteiger partial charge in [0.2, 0.25) is 0 Å². The summed E-state index contributed by atoms with van der Waals surface area (Å²) in [6.45, 7) is 8.54. The second-order valence-corrected chi connectivity index (χ2v) is 9.73. The van der Waals surface area contributed by atoms with Gasteiger partial charge in [0.05, 0.1) is 17.9 Å². The molecule has 0 saturated carbocycles. The number of carbonyl (C=O) groups is 2. The largest absolute Gasteiger partial charge is 0.507 e. The van der Waals surface area contributed by atoms with Crippen LogP contribution in [0.3, 0.4) is 0 Å². The van der Waals surface area contributed by atoms with Gasteiger partial charge in [-0.05, 0) is 66.9 Å². The number of aliphatic hydroxyl groups is 1. The smallest absolute Gasteiger partial charge is 0.300 e. The average molecular weight is 491 g/mol. The Balaban J connectivity index is 1.93. The Morgan fingerprint density at radius 2 is 1.80 bits per heavy atom. The number of ether oxygens (including phenoxy) is 1. The van der Waals surface area contributed by atoms with Gasteiger partial charge >= 0.3 is 0 Å². The molecule has 4 rings (SSSR count). The van der Waals surface area contributed by atoms with Crippen LogP contribution in [0, 0.1) is 0 Å². The Kier molecular flexibility index (Phi) is 6.68. The fraction of sp³-hybridized carbons (Fsp3) is 0.250. The fourth-order valence-corrected chi connectivity index (χ4v) is 4.34. The number of pyridine rings is 1. The summed E-state index contributed by atoms with van der Waals surface area (Å²) in [5.41, 5.74) is 1.95. The Bertz CT molecular complexity index is 1290. The molecule has 0 aliphatic carbocycles. The predicted molar refractivity (Wildman–Crippen MR) is 137 cm³/mol. The Hall–Kier alpha value is -3.64. The molecule has 1 aliphatic heterocycles. The lowest BCUT2D eigenvalue weighted by Crippen LogP contribution is -2.29. The first-order valence-electron chi connectivity index (χ1n) is 11.4. The normalized spacial score (nSPS) is 17.6. The lowest BCUT2D eigenvalue weighted by atomic mass is 9.84. The molecule has 0 radical (unpaired) electrons. The number of hydrogen-bond donors (Lipinski definition) is 1. The van der Waals surface area contributed by atoms with Gasteiger partial charge in [0, 0.05) is 28.0 Å². The minimum Gasteiger partial charge on any atom is -0.507 e. The lowest BCUT2D eigenvalue weighted by molar-refractivity contribution is -0.132. The quantitative estimate of drug-likeness (QED) is 0.267. The zero-order chi connectivity index (χ0) is 25.3. The van der Waals surface area contributed by atoms with Crippen molar-refractivity contribution in [1.29, 1.82) is 0 Å². The van der Waals surface area contributed by atoms with Gasteiger partial charge in [-0.15, -0.1) is 0 Å². The molecule has 1 saturated heterocycles. The molecule has 2 heterocycles. The summed E-state index contributed by atoms with van der Waals surface area (Å²) in [6, 6.07) is 16.3. The summed E-state index contributed by atoms with van der Waals surface area (Å²) >= 11 is 6.04. The molecule has 1 aromatic heterocycles. The highest BCUT2D eigenvalue weighted by atomic mass is 35.5. The number of rotatable bonds is 5. The summed E-state index contributed by atoms with van der Waals surface area (Å²) < 4.78 is 5.79. The molecule has 7 heteroatoms. The number of anilines is 1. The third-order valence-corrected chi connectivity index (χ3v) is 6.13. The number of nitrogens with zero attached hydrogens (tertiary/aromatic N) is 2. The molecule has 2 aromatic carbocycles. The van der Waals surface area contributed by atoms with E-state index >= 15 is 0 Å². The van der Waals surface area contributed by atoms with E-state index in [9.17, 15) is 14.7 Å². The zero-order valence-corrected chi connectivity index (χ0v) is 20.8. The maximum atomic E-state index is 13.3. The van der Waals surface area contributed by atoms with Crippen LogP contribution >= 0.6 is 11.6 Å². The van der Waals surface area contributed by atoms with Crippen molar-refractivity contribution < 1.29 is 19.4 Å². The number of benzene rings is 2. The van der Waals surface area contributed by atoms with Crippen molar-refractivity contribution in [2.75, 3.05) is 11.5 Å². The molecule has 6 nitrogen and oxygen atoms in total. The van der Waals surface area contributed by atoms with Gasteiger partial charge in [-0.25, -0.2) is 0 Å². The molecule has 1 amide bonds. The number of hydrogen-bond acceptors (Lipinski definition) is 5. The molecule has 0 spiro atoms. The van der Waals surface area contributed by atoms with Gasteiger partial charge in [-0.2, -0.15) is 0 Å². The van der Waals surface area contributed by atoms with Crippen molar-refractivity contribution >= 4 is 34.7 Å². The highest BCUT2D eigenvalue weighted by Crippen LogP contribution is 2.42. The van der Waals surface area contributed by atoms with Crippen molar-refractivity contribution in [1.82, 2.24) is 4.98 Å². The maximum absolute atomic E-state index is 13.3.